The molecule has 1 atom stereocenters. The molecule has 1 aromatic heterocycles. The van der Waals surface area contributed by atoms with Crippen molar-refractivity contribution in [1.82, 2.24) is 4.90 Å². The number of carbonyl (C=O) groups excluding carboxylic acids is 1. The normalized spacial score (nSPS) is 16.7. The molecule has 0 aliphatic carbocycles. The van der Waals surface area contributed by atoms with E-state index in [9.17, 15) is 9.59 Å². The molecule has 1 fully saturated rings. The molecule has 30 heavy (non-hydrogen) atoms. The highest BCUT2D eigenvalue weighted by molar-refractivity contribution is 6.07. The fourth-order valence-electron chi connectivity index (χ4n) is 4.17. The van der Waals surface area contributed by atoms with Crippen LogP contribution in [0.25, 0.3) is 21.7 Å². The first-order chi connectivity index (χ1) is 14.7. The predicted octanol–water partition coefficient (Wildman–Crippen LogP) is 5.13. The molecular weight excluding hydrogens is 374 g/mol. The molecule has 0 radical (unpaired) electrons. The minimum atomic E-state index is -0.0863. The molecule has 1 aliphatic heterocycles. The highest BCUT2D eigenvalue weighted by atomic mass is 16.3. The zero-order valence-corrected chi connectivity index (χ0v) is 16.5. The smallest absolute Gasteiger partial charge is 0.192 e. The Labute approximate surface area is 174 Å². The third-order valence-electron chi connectivity index (χ3n) is 5.83. The summed E-state index contributed by atoms with van der Waals surface area (Å²) in [5, 5.41) is 2.31. The summed E-state index contributed by atoms with van der Waals surface area (Å²) >= 11 is 0. The Morgan fingerprint density at radius 1 is 1.00 bits per heavy atom. The lowest BCUT2D eigenvalue weighted by atomic mass is 9.99. The number of ketones is 1. The lowest BCUT2D eigenvalue weighted by Crippen LogP contribution is -2.13. The molecule has 1 saturated heterocycles. The van der Waals surface area contributed by atoms with Crippen LogP contribution in [0.5, 0.6) is 0 Å². The van der Waals surface area contributed by atoms with Crippen LogP contribution < -0.4 is 5.43 Å². The number of hydrogen-bond donors (Lipinski definition) is 0. The number of rotatable bonds is 4. The maximum Gasteiger partial charge on any atom is 0.192 e. The van der Waals surface area contributed by atoms with Crippen molar-refractivity contribution in [2.75, 3.05) is 13.1 Å². The Bertz CT molecular complexity index is 1320. The molecular formula is C26H21NO3. The van der Waals surface area contributed by atoms with Crippen LogP contribution in [0, 0.1) is 0 Å². The summed E-state index contributed by atoms with van der Waals surface area (Å²) in [7, 11) is 0. The van der Waals surface area contributed by atoms with Crippen LogP contribution in [0.2, 0.25) is 0 Å². The summed E-state index contributed by atoms with van der Waals surface area (Å²) < 4.78 is 5.43. The third kappa shape index (κ3) is 3.52. The van der Waals surface area contributed by atoms with Gasteiger partial charge in [-0.3, -0.25) is 9.59 Å². The fourth-order valence-corrected chi connectivity index (χ4v) is 4.17. The quantitative estimate of drug-likeness (QED) is 0.273. The number of hydrogen-bond acceptors (Lipinski definition) is 4. The van der Waals surface area contributed by atoms with Crippen molar-refractivity contribution in [3.05, 3.63) is 107 Å². The third-order valence-corrected chi connectivity index (χ3v) is 5.83. The fraction of sp³-hybridized carbons (Fsp3) is 0.154. The van der Waals surface area contributed by atoms with Gasteiger partial charge in [0.15, 0.2) is 11.2 Å². The van der Waals surface area contributed by atoms with Gasteiger partial charge in [-0.25, -0.2) is 0 Å². The van der Waals surface area contributed by atoms with E-state index in [1.54, 1.807) is 12.1 Å². The second kappa shape index (κ2) is 7.64. The topological polar surface area (TPSA) is 50.5 Å². The summed E-state index contributed by atoms with van der Waals surface area (Å²) in [5.74, 6) is 0.465. The first-order valence-electron chi connectivity index (χ1n) is 10.1. The molecule has 0 saturated carbocycles. The molecule has 0 N–H and O–H groups in total. The zero-order valence-electron chi connectivity index (χ0n) is 16.5. The maximum absolute atomic E-state index is 12.7. The molecule has 0 bridgehead atoms. The zero-order chi connectivity index (χ0) is 20.5. The van der Waals surface area contributed by atoms with Crippen molar-refractivity contribution in [2.45, 2.75) is 12.3 Å². The average molecular weight is 395 g/mol. The van der Waals surface area contributed by atoms with E-state index in [1.165, 1.54) is 17.9 Å². The molecule has 148 valence electrons. The average Bonchev–Trinajstić information content (AvgIpc) is 3.26. The van der Waals surface area contributed by atoms with Gasteiger partial charge < -0.3 is 9.32 Å². The lowest BCUT2D eigenvalue weighted by Gasteiger charge is -2.13. The molecule has 4 heteroatoms. The number of carbonyl (C=O) groups is 1. The molecule has 0 spiro atoms. The summed E-state index contributed by atoms with van der Waals surface area (Å²) in [6.07, 6.45) is 6.04. The van der Waals surface area contributed by atoms with Gasteiger partial charge in [-0.15, -0.1) is 0 Å². The van der Waals surface area contributed by atoms with Gasteiger partial charge in [-0.1, -0.05) is 42.5 Å². The molecule has 1 unspecified atom stereocenters. The Kier molecular flexibility index (Phi) is 4.68. The Morgan fingerprint density at radius 2 is 1.87 bits per heavy atom. The second-order valence-corrected chi connectivity index (χ2v) is 7.77. The summed E-state index contributed by atoms with van der Waals surface area (Å²) in [5.41, 5.74) is 2.43. The maximum atomic E-state index is 12.7. The van der Waals surface area contributed by atoms with E-state index in [2.05, 4.69) is 29.2 Å². The van der Waals surface area contributed by atoms with Gasteiger partial charge >= 0.3 is 0 Å². The van der Waals surface area contributed by atoms with Crippen molar-refractivity contribution >= 4 is 27.5 Å². The predicted molar refractivity (Wildman–Crippen MR) is 119 cm³/mol. The number of nitrogens with zero attached hydrogens (tertiary/aromatic N) is 1. The van der Waals surface area contributed by atoms with Gasteiger partial charge in [0.05, 0.1) is 11.6 Å². The van der Waals surface area contributed by atoms with Crippen LogP contribution in [0.15, 0.2) is 94.5 Å². The Morgan fingerprint density at radius 3 is 2.73 bits per heavy atom. The first-order valence-corrected chi connectivity index (χ1v) is 10.1. The van der Waals surface area contributed by atoms with E-state index in [0.29, 0.717) is 22.5 Å². The minimum absolute atomic E-state index is 0.0414. The van der Waals surface area contributed by atoms with Crippen LogP contribution >= 0.6 is 0 Å². The number of allylic oxidation sites excluding steroid dienone is 1. The van der Waals surface area contributed by atoms with Crippen LogP contribution in [-0.4, -0.2) is 23.8 Å². The van der Waals surface area contributed by atoms with Gasteiger partial charge in [0.1, 0.15) is 5.58 Å². The summed E-state index contributed by atoms with van der Waals surface area (Å²) in [6.45, 7) is 1.87. The van der Waals surface area contributed by atoms with Crippen molar-refractivity contribution in [3.63, 3.8) is 0 Å². The monoisotopic (exact) mass is 395 g/mol. The molecule has 5 rings (SSSR count). The Balaban J connectivity index is 1.35. The van der Waals surface area contributed by atoms with E-state index >= 15 is 0 Å². The minimum Gasteiger partial charge on any atom is -0.464 e. The molecule has 4 aromatic rings. The van der Waals surface area contributed by atoms with E-state index in [0.717, 1.165) is 30.3 Å². The van der Waals surface area contributed by atoms with E-state index in [4.69, 9.17) is 4.42 Å². The molecule has 4 nitrogen and oxygen atoms in total. The van der Waals surface area contributed by atoms with Gasteiger partial charge in [0.2, 0.25) is 0 Å². The number of likely N-dealkylation sites (tertiary alicyclic amines) is 1. The highest BCUT2D eigenvalue weighted by Gasteiger charge is 2.21. The van der Waals surface area contributed by atoms with Crippen LogP contribution in [0.3, 0.4) is 0 Å². The molecule has 1 aliphatic rings. The first kappa shape index (κ1) is 18.4. The molecule has 0 amide bonds. The standard InChI is InChI=1S/C26H21NO3/c28-24(9-12-27-11-8-21(17-27)18-4-2-1-3-5-18)20-7-6-19-16-26-23(15-22(19)14-20)25(29)10-13-30-26/h1-7,9-10,12-16,21H,8,11,17H2/b12-9+. The van der Waals surface area contributed by atoms with Crippen molar-refractivity contribution < 1.29 is 9.21 Å². The van der Waals surface area contributed by atoms with Crippen LogP contribution in [0.4, 0.5) is 0 Å². The second-order valence-electron chi connectivity index (χ2n) is 7.77. The number of benzene rings is 3. The largest absolute Gasteiger partial charge is 0.464 e. The molecule has 3 aromatic carbocycles. The molecule has 2 heterocycles. The van der Waals surface area contributed by atoms with Gasteiger partial charge in [0, 0.05) is 42.9 Å². The van der Waals surface area contributed by atoms with Gasteiger partial charge in [0.25, 0.3) is 0 Å². The highest BCUT2D eigenvalue weighted by Crippen LogP contribution is 2.27. The van der Waals surface area contributed by atoms with Gasteiger partial charge in [-0.05, 0) is 41.0 Å². The Hall–Kier alpha value is -3.66. The van der Waals surface area contributed by atoms with Crippen molar-refractivity contribution in [3.8, 4) is 0 Å². The van der Waals surface area contributed by atoms with E-state index in [1.807, 2.05) is 36.5 Å². The van der Waals surface area contributed by atoms with Crippen molar-refractivity contribution in [2.24, 2.45) is 0 Å². The van der Waals surface area contributed by atoms with Crippen LogP contribution in [-0.2, 0) is 0 Å². The van der Waals surface area contributed by atoms with E-state index in [-0.39, 0.29) is 11.2 Å². The van der Waals surface area contributed by atoms with Crippen LogP contribution in [0.1, 0.15) is 28.3 Å². The lowest BCUT2D eigenvalue weighted by molar-refractivity contribution is 0.104. The summed E-state index contributed by atoms with van der Waals surface area (Å²) in [4.78, 5) is 27.0. The van der Waals surface area contributed by atoms with Crippen molar-refractivity contribution in [1.29, 1.82) is 0 Å². The van der Waals surface area contributed by atoms with E-state index < -0.39 is 0 Å². The number of fused-ring (bicyclic) bond motifs is 2. The van der Waals surface area contributed by atoms with Gasteiger partial charge in [-0.2, -0.15) is 0 Å². The SMILES string of the molecule is O=C(/C=C/N1CCC(c2ccccc2)C1)c1ccc2cc3occc(=O)c3cc2c1. The summed E-state index contributed by atoms with van der Waals surface area (Å²) in [6, 6.07) is 21.1.